The Morgan fingerprint density at radius 3 is 1.75 bits per heavy atom. The fourth-order valence-electron chi connectivity index (χ4n) is 0. The largest absolute Gasteiger partial charge is 0.327 e. The second-order valence-electron chi connectivity index (χ2n) is 0.729. The van der Waals surface area contributed by atoms with Gasteiger partial charge in [0.25, 0.3) is 0 Å². The second kappa shape index (κ2) is 16.0. The summed E-state index contributed by atoms with van der Waals surface area (Å²) in [6.45, 7) is 6.72. The summed E-state index contributed by atoms with van der Waals surface area (Å²) in [6.07, 6.45) is 3.28. The summed E-state index contributed by atoms with van der Waals surface area (Å²) in [7, 11) is 1.10. The fraction of sp³-hybridized carbons (Fsp3) is 0.200. The first-order chi connectivity index (χ1) is 3.83. The lowest BCUT2D eigenvalue weighted by Gasteiger charge is -1.57. The molecular formula is C5H9O2P. The van der Waals surface area contributed by atoms with Crippen LogP contribution in [0.3, 0.4) is 0 Å². The average molecular weight is 132 g/mol. The van der Waals surface area contributed by atoms with Gasteiger partial charge in [0.1, 0.15) is 0 Å². The molecule has 0 aromatic carbocycles. The zero-order valence-electron chi connectivity index (χ0n) is 4.83. The first-order valence-electron chi connectivity index (χ1n) is 1.92. The predicted molar refractivity (Wildman–Crippen MR) is 35.0 cm³/mol. The smallest absolute Gasteiger partial charge is 0.298 e. The van der Waals surface area contributed by atoms with Gasteiger partial charge in [0.2, 0.25) is 0 Å². The third kappa shape index (κ3) is 48.1. The maximum absolute atomic E-state index is 9.05. The van der Waals surface area contributed by atoms with Gasteiger partial charge in [-0.1, -0.05) is 25.3 Å². The highest BCUT2D eigenvalue weighted by molar-refractivity contribution is 7.17. The lowest BCUT2D eigenvalue weighted by atomic mass is 10.6. The summed E-state index contributed by atoms with van der Waals surface area (Å²) in [5.74, 6) is 0. The molecular weight excluding hydrogens is 123 g/mol. The van der Waals surface area contributed by atoms with Crippen LogP contribution in [0.25, 0.3) is 0 Å². The van der Waals surface area contributed by atoms with E-state index < -0.39 is 0 Å². The standard InChI is InChI=1S/C4H6.CH3O2P/c2*1-3-4-2/h3-4H,1-2H2;1H3. The van der Waals surface area contributed by atoms with Gasteiger partial charge >= 0.3 is 8.69 Å². The van der Waals surface area contributed by atoms with E-state index in [0.717, 1.165) is 0 Å². The van der Waals surface area contributed by atoms with Gasteiger partial charge in [0, 0.05) is 7.11 Å². The van der Waals surface area contributed by atoms with Crippen molar-refractivity contribution in [1.82, 2.24) is 0 Å². The van der Waals surface area contributed by atoms with Crippen molar-refractivity contribution in [2.24, 2.45) is 0 Å². The molecule has 0 radical (unpaired) electrons. The van der Waals surface area contributed by atoms with E-state index in [9.17, 15) is 0 Å². The Bertz CT molecular complexity index is 64.8. The molecule has 0 saturated carbocycles. The van der Waals surface area contributed by atoms with Crippen molar-refractivity contribution in [3.8, 4) is 0 Å². The van der Waals surface area contributed by atoms with E-state index in [-0.39, 0.29) is 8.69 Å². The van der Waals surface area contributed by atoms with Crippen molar-refractivity contribution in [3.05, 3.63) is 25.3 Å². The summed E-state index contributed by atoms with van der Waals surface area (Å²) in [5, 5.41) is 0. The van der Waals surface area contributed by atoms with Gasteiger partial charge in [-0.25, -0.2) is 4.57 Å². The third-order valence-electron chi connectivity index (χ3n) is 0.241. The molecule has 0 fully saturated rings. The summed E-state index contributed by atoms with van der Waals surface area (Å²) in [5.41, 5.74) is 0. The van der Waals surface area contributed by atoms with Crippen LogP contribution in [0.15, 0.2) is 25.3 Å². The minimum absolute atomic E-state index is 0.252. The Morgan fingerprint density at radius 1 is 1.50 bits per heavy atom. The van der Waals surface area contributed by atoms with E-state index >= 15 is 0 Å². The summed E-state index contributed by atoms with van der Waals surface area (Å²) in [6, 6.07) is 0. The van der Waals surface area contributed by atoms with Crippen molar-refractivity contribution in [2.75, 3.05) is 7.11 Å². The van der Waals surface area contributed by atoms with Gasteiger partial charge in [-0.15, -0.1) is 0 Å². The van der Waals surface area contributed by atoms with Gasteiger partial charge < -0.3 is 0 Å². The Labute approximate surface area is 51.1 Å². The summed E-state index contributed by atoms with van der Waals surface area (Å²) in [4.78, 5) is 0. The summed E-state index contributed by atoms with van der Waals surface area (Å²) < 4.78 is 13.0. The molecule has 3 heteroatoms. The van der Waals surface area contributed by atoms with Crippen molar-refractivity contribution < 1.29 is 9.09 Å². The molecule has 8 heavy (non-hydrogen) atoms. The molecule has 0 aliphatic heterocycles. The maximum atomic E-state index is 9.05. The molecule has 0 aromatic rings. The van der Waals surface area contributed by atoms with Crippen LogP contribution in [0.4, 0.5) is 0 Å². The van der Waals surface area contributed by atoms with E-state index in [1.54, 1.807) is 12.2 Å². The van der Waals surface area contributed by atoms with Crippen LogP contribution in [-0.2, 0) is 9.09 Å². The van der Waals surface area contributed by atoms with Crippen LogP contribution in [0, 0.1) is 0 Å². The molecule has 0 aliphatic carbocycles. The number of hydrogen-bond donors (Lipinski definition) is 0. The first-order valence-corrected chi connectivity index (χ1v) is 2.65. The van der Waals surface area contributed by atoms with E-state index in [1.807, 2.05) is 0 Å². The maximum Gasteiger partial charge on any atom is 0.327 e. The van der Waals surface area contributed by atoms with E-state index in [0.29, 0.717) is 0 Å². The number of hydrogen-bond acceptors (Lipinski definition) is 2. The highest BCUT2D eigenvalue weighted by Gasteiger charge is 1.51. The Morgan fingerprint density at radius 2 is 1.75 bits per heavy atom. The van der Waals surface area contributed by atoms with Gasteiger partial charge in [0.05, 0.1) is 0 Å². The Balaban J connectivity index is 0. The van der Waals surface area contributed by atoms with Crippen molar-refractivity contribution >= 4 is 8.69 Å². The number of rotatable bonds is 2. The van der Waals surface area contributed by atoms with Gasteiger partial charge in [0.15, 0.2) is 0 Å². The van der Waals surface area contributed by atoms with Crippen molar-refractivity contribution in [1.29, 1.82) is 0 Å². The van der Waals surface area contributed by atoms with Crippen LogP contribution in [0.2, 0.25) is 0 Å². The molecule has 0 aliphatic rings. The van der Waals surface area contributed by atoms with Crippen molar-refractivity contribution in [2.45, 2.75) is 0 Å². The molecule has 0 atom stereocenters. The minimum Gasteiger partial charge on any atom is -0.298 e. The lowest BCUT2D eigenvalue weighted by molar-refractivity contribution is 0.433. The average Bonchev–Trinajstić information content (AvgIpc) is 1.88. The highest BCUT2D eigenvalue weighted by Crippen LogP contribution is 1.83. The van der Waals surface area contributed by atoms with Gasteiger partial charge in [-0.2, -0.15) is 0 Å². The molecule has 0 heterocycles. The Kier molecular flexibility index (Phi) is 21.0. The van der Waals surface area contributed by atoms with E-state index in [1.165, 1.54) is 7.11 Å². The van der Waals surface area contributed by atoms with Crippen molar-refractivity contribution in [3.63, 3.8) is 0 Å². The predicted octanol–water partition coefficient (Wildman–Crippen LogP) is 2.20. The number of allylic oxidation sites excluding steroid dienone is 2. The quantitative estimate of drug-likeness (QED) is 0.425. The van der Waals surface area contributed by atoms with Gasteiger partial charge in [-0.3, -0.25) is 4.52 Å². The van der Waals surface area contributed by atoms with E-state index in [4.69, 9.17) is 4.57 Å². The molecule has 0 aromatic heterocycles. The molecule has 0 rings (SSSR count). The zero-order chi connectivity index (χ0) is 6.83. The lowest BCUT2D eigenvalue weighted by Crippen LogP contribution is -1.42. The molecule has 2 nitrogen and oxygen atoms in total. The normalized spacial score (nSPS) is 6.62. The van der Waals surface area contributed by atoms with Crippen LogP contribution < -0.4 is 0 Å². The van der Waals surface area contributed by atoms with E-state index in [2.05, 4.69) is 17.7 Å². The van der Waals surface area contributed by atoms with Gasteiger partial charge in [-0.05, 0) is 0 Å². The molecule has 0 bridgehead atoms. The SMILES string of the molecule is C=CC=C.COP=O. The molecule has 0 unspecified atom stereocenters. The van der Waals surface area contributed by atoms with Crippen LogP contribution in [0.1, 0.15) is 0 Å². The topological polar surface area (TPSA) is 26.3 Å². The van der Waals surface area contributed by atoms with Crippen LogP contribution >= 0.6 is 8.69 Å². The highest BCUT2D eigenvalue weighted by atomic mass is 31.1. The van der Waals surface area contributed by atoms with Crippen LogP contribution in [0.5, 0.6) is 0 Å². The monoisotopic (exact) mass is 132 g/mol. The minimum atomic E-state index is -0.252. The first kappa shape index (κ1) is 10.5. The molecule has 0 spiro atoms. The molecule has 0 saturated heterocycles. The van der Waals surface area contributed by atoms with Crippen LogP contribution in [-0.4, -0.2) is 7.11 Å². The zero-order valence-corrected chi connectivity index (χ0v) is 5.73. The fourth-order valence-corrected chi connectivity index (χ4v) is 0. The molecule has 46 valence electrons. The Hall–Kier alpha value is -0.460. The summed E-state index contributed by atoms with van der Waals surface area (Å²) >= 11 is 0. The molecule has 0 amide bonds. The second-order valence-corrected chi connectivity index (χ2v) is 1.24. The third-order valence-corrected chi connectivity index (χ3v) is 0.390. The molecule has 0 N–H and O–H groups in total.